The maximum absolute atomic E-state index is 13.1. The van der Waals surface area contributed by atoms with Crippen molar-refractivity contribution < 1.29 is 4.79 Å². The average molecular weight is 443 g/mol. The van der Waals surface area contributed by atoms with Gasteiger partial charge in [0.2, 0.25) is 5.13 Å². The lowest BCUT2D eigenvalue weighted by Gasteiger charge is -2.07. The van der Waals surface area contributed by atoms with E-state index < -0.39 is 0 Å². The molecule has 0 unspecified atom stereocenters. The van der Waals surface area contributed by atoms with Crippen LogP contribution in [0.15, 0.2) is 27.9 Å². The van der Waals surface area contributed by atoms with Crippen LogP contribution in [-0.4, -0.2) is 30.9 Å². The molecule has 0 spiro atoms. The third-order valence-electron chi connectivity index (χ3n) is 4.77. The van der Waals surface area contributed by atoms with Crippen LogP contribution in [0.25, 0.3) is 11.0 Å². The molecule has 4 heterocycles. The third kappa shape index (κ3) is 3.79. The van der Waals surface area contributed by atoms with Crippen molar-refractivity contribution >= 4 is 56.5 Å². The summed E-state index contributed by atoms with van der Waals surface area (Å²) in [5, 5.41) is 19.1. The number of rotatable bonds is 6. The SMILES string of the molecule is Cc1nn(C)c2nc(C3CC3)cc(C(=O)Nc3nnc(SCc4cccs4)s3)c12. The highest BCUT2D eigenvalue weighted by Gasteiger charge is 2.28. The van der Waals surface area contributed by atoms with Crippen molar-refractivity contribution in [2.45, 2.75) is 35.8 Å². The molecule has 148 valence electrons. The number of fused-ring (bicyclic) bond motifs is 1. The van der Waals surface area contributed by atoms with E-state index in [0.717, 1.165) is 45.4 Å². The summed E-state index contributed by atoms with van der Waals surface area (Å²) in [4.78, 5) is 19.1. The second-order valence-electron chi connectivity index (χ2n) is 6.97. The molecule has 1 N–H and O–H groups in total. The first-order chi connectivity index (χ1) is 14.1. The number of nitrogens with one attached hydrogen (secondary N) is 1. The molecule has 0 aromatic carbocycles. The van der Waals surface area contributed by atoms with Gasteiger partial charge in [-0.1, -0.05) is 29.2 Å². The van der Waals surface area contributed by atoms with Crippen LogP contribution in [-0.2, 0) is 12.8 Å². The van der Waals surface area contributed by atoms with Gasteiger partial charge in [0.05, 0.1) is 16.6 Å². The van der Waals surface area contributed by atoms with Crippen LogP contribution in [0.5, 0.6) is 0 Å². The number of carbonyl (C=O) groups is 1. The maximum Gasteiger partial charge on any atom is 0.258 e. The van der Waals surface area contributed by atoms with Gasteiger partial charge in [0.1, 0.15) is 0 Å². The fraction of sp³-hybridized carbons (Fsp3) is 0.316. The van der Waals surface area contributed by atoms with Gasteiger partial charge in [0.25, 0.3) is 5.91 Å². The van der Waals surface area contributed by atoms with Gasteiger partial charge < -0.3 is 0 Å². The Kier molecular flexibility index (Phi) is 4.84. The number of thioether (sulfide) groups is 1. The van der Waals surface area contributed by atoms with Crippen LogP contribution in [0, 0.1) is 6.92 Å². The van der Waals surface area contributed by atoms with Crippen LogP contribution < -0.4 is 5.32 Å². The van der Waals surface area contributed by atoms with Crippen molar-refractivity contribution in [1.29, 1.82) is 0 Å². The van der Waals surface area contributed by atoms with E-state index >= 15 is 0 Å². The Labute approximate surface area is 179 Å². The molecule has 5 rings (SSSR count). The lowest BCUT2D eigenvalue weighted by atomic mass is 10.1. The Morgan fingerprint density at radius 3 is 3.00 bits per heavy atom. The van der Waals surface area contributed by atoms with E-state index in [1.54, 1.807) is 27.8 Å². The first-order valence-corrected chi connectivity index (χ1v) is 11.9. The molecule has 10 heteroatoms. The molecule has 4 aromatic heterocycles. The molecule has 0 saturated heterocycles. The van der Waals surface area contributed by atoms with Crippen LogP contribution in [0.4, 0.5) is 5.13 Å². The molecule has 7 nitrogen and oxygen atoms in total. The number of carbonyl (C=O) groups excluding carboxylic acids is 1. The average Bonchev–Trinajstić information content (AvgIpc) is 3.11. The van der Waals surface area contributed by atoms with Crippen LogP contribution in [0.1, 0.15) is 45.4 Å². The number of thiophene rings is 1. The predicted molar refractivity (Wildman–Crippen MR) is 117 cm³/mol. The Morgan fingerprint density at radius 2 is 2.24 bits per heavy atom. The molecule has 1 aliphatic carbocycles. The molecule has 1 aliphatic rings. The van der Waals surface area contributed by atoms with Gasteiger partial charge in [-0.3, -0.25) is 14.8 Å². The summed E-state index contributed by atoms with van der Waals surface area (Å²) in [7, 11) is 1.86. The van der Waals surface area contributed by atoms with Gasteiger partial charge in [-0.15, -0.1) is 21.5 Å². The van der Waals surface area contributed by atoms with E-state index in [1.165, 1.54) is 16.2 Å². The second kappa shape index (κ2) is 7.51. The lowest BCUT2D eigenvalue weighted by molar-refractivity contribution is 0.102. The first kappa shape index (κ1) is 18.7. The number of amides is 1. The van der Waals surface area contributed by atoms with Gasteiger partial charge in [-0.25, -0.2) is 4.98 Å². The molecule has 1 saturated carbocycles. The Bertz CT molecular complexity index is 1190. The number of nitrogens with zero attached hydrogens (tertiary/aromatic N) is 5. The zero-order valence-electron chi connectivity index (χ0n) is 15.9. The quantitative estimate of drug-likeness (QED) is 0.347. The van der Waals surface area contributed by atoms with Crippen molar-refractivity contribution in [2.75, 3.05) is 5.32 Å². The van der Waals surface area contributed by atoms with Crippen molar-refractivity contribution in [3.8, 4) is 0 Å². The van der Waals surface area contributed by atoms with Crippen molar-refractivity contribution in [2.24, 2.45) is 7.05 Å². The molecule has 0 radical (unpaired) electrons. The zero-order valence-corrected chi connectivity index (χ0v) is 18.3. The van der Waals surface area contributed by atoms with Gasteiger partial charge in [-0.2, -0.15) is 5.10 Å². The highest BCUT2D eigenvalue weighted by Crippen LogP contribution is 2.40. The summed E-state index contributed by atoms with van der Waals surface area (Å²) in [5.74, 6) is 1.11. The van der Waals surface area contributed by atoms with Gasteiger partial charge >= 0.3 is 0 Å². The molecule has 4 aromatic rings. The molecule has 0 bridgehead atoms. The summed E-state index contributed by atoms with van der Waals surface area (Å²) in [6.45, 7) is 1.90. The second-order valence-corrected chi connectivity index (χ2v) is 10.2. The summed E-state index contributed by atoms with van der Waals surface area (Å²) >= 11 is 4.74. The van der Waals surface area contributed by atoms with E-state index in [0.29, 0.717) is 16.6 Å². The van der Waals surface area contributed by atoms with Gasteiger partial charge in [0.15, 0.2) is 9.99 Å². The first-order valence-electron chi connectivity index (χ1n) is 9.23. The number of hydrogen-bond acceptors (Lipinski definition) is 8. The number of pyridine rings is 1. The fourth-order valence-electron chi connectivity index (χ4n) is 3.24. The Hall–Kier alpha value is -2.30. The summed E-state index contributed by atoms with van der Waals surface area (Å²) in [6.07, 6.45) is 2.25. The molecular weight excluding hydrogens is 424 g/mol. The minimum Gasteiger partial charge on any atom is -0.296 e. The predicted octanol–water partition coefficient (Wildman–Crippen LogP) is 4.61. The van der Waals surface area contributed by atoms with Gasteiger partial charge in [0, 0.05) is 29.3 Å². The standard InChI is InChI=1S/C19H18N6OS3/c1-10-15-13(8-14(11-5-6-11)20-16(15)25(2)24-10)17(26)21-18-22-23-19(29-18)28-9-12-4-3-7-27-12/h3-4,7-8,11H,5-6,9H2,1-2H3,(H,21,22,26). The topological polar surface area (TPSA) is 85.6 Å². The summed E-state index contributed by atoms with van der Waals surface area (Å²) in [6, 6.07) is 6.05. The fourth-order valence-corrected chi connectivity index (χ4v) is 5.76. The largest absolute Gasteiger partial charge is 0.296 e. The monoisotopic (exact) mass is 442 g/mol. The molecule has 0 atom stereocenters. The van der Waals surface area contributed by atoms with E-state index in [1.807, 2.05) is 26.1 Å². The van der Waals surface area contributed by atoms with E-state index in [-0.39, 0.29) is 5.91 Å². The molecule has 29 heavy (non-hydrogen) atoms. The Morgan fingerprint density at radius 1 is 1.38 bits per heavy atom. The third-order valence-corrected chi connectivity index (χ3v) is 7.85. The Balaban J connectivity index is 1.39. The van der Waals surface area contributed by atoms with Crippen LogP contribution >= 0.6 is 34.4 Å². The van der Waals surface area contributed by atoms with E-state index in [4.69, 9.17) is 4.98 Å². The van der Waals surface area contributed by atoms with Crippen molar-refractivity contribution in [3.63, 3.8) is 0 Å². The maximum atomic E-state index is 13.1. The normalized spacial score (nSPS) is 13.9. The van der Waals surface area contributed by atoms with Crippen molar-refractivity contribution in [3.05, 3.63) is 45.4 Å². The molecular formula is C19H18N6OS3. The number of anilines is 1. The summed E-state index contributed by atoms with van der Waals surface area (Å²) in [5.41, 5.74) is 3.12. The molecule has 1 amide bonds. The minimum atomic E-state index is -0.193. The highest BCUT2D eigenvalue weighted by molar-refractivity contribution is 8.00. The summed E-state index contributed by atoms with van der Waals surface area (Å²) < 4.78 is 2.59. The van der Waals surface area contributed by atoms with E-state index in [2.05, 4.69) is 32.1 Å². The van der Waals surface area contributed by atoms with Crippen molar-refractivity contribution in [1.82, 2.24) is 25.0 Å². The highest BCUT2D eigenvalue weighted by atomic mass is 32.2. The number of hydrogen-bond donors (Lipinski definition) is 1. The smallest absolute Gasteiger partial charge is 0.258 e. The minimum absolute atomic E-state index is 0.193. The lowest BCUT2D eigenvalue weighted by Crippen LogP contribution is -2.13. The molecule has 0 aliphatic heterocycles. The number of aryl methyl sites for hydroxylation is 2. The number of aromatic nitrogens is 5. The molecule has 1 fully saturated rings. The van der Waals surface area contributed by atoms with Crippen LogP contribution in [0.2, 0.25) is 0 Å². The van der Waals surface area contributed by atoms with Crippen LogP contribution in [0.3, 0.4) is 0 Å². The zero-order chi connectivity index (χ0) is 20.0. The van der Waals surface area contributed by atoms with E-state index in [9.17, 15) is 4.79 Å². The van der Waals surface area contributed by atoms with Gasteiger partial charge in [-0.05, 0) is 37.3 Å².